The fourth-order valence-corrected chi connectivity index (χ4v) is 4.27. The summed E-state index contributed by atoms with van der Waals surface area (Å²) in [6.07, 6.45) is 4.32. The molecule has 2 aromatic carbocycles. The summed E-state index contributed by atoms with van der Waals surface area (Å²) in [5, 5.41) is 50.9. The number of benzene rings is 2. The van der Waals surface area contributed by atoms with Gasteiger partial charge in [0.05, 0.1) is 41.2 Å². The van der Waals surface area contributed by atoms with Crippen LogP contribution < -0.4 is 0 Å². The zero-order valence-electron chi connectivity index (χ0n) is 25.8. The average Bonchev–Trinajstić information content (AvgIpc) is 3.63. The number of Topliss-reactive ketones (excluding diaryl/α,β-unsaturated/α-hetero) is 2. The Labute approximate surface area is 283 Å². The van der Waals surface area contributed by atoms with E-state index in [9.17, 15) is 48.8 Å². The number of ketones is 2. The predicted molar refractivity (Wildman–Crippen MR) is 176 cm³/mol. The van der Waals surface area contributed by atoms with Gasteiger partial charge in [-0.1, -0.05) is 35.5 Å². The van der Waals surface area contributed by atoms with Gasteiger partial charge in [0.2, 0.25) is 0 Å². The van der Waals surface area contributed by atoms with Crippen LogP contribution in [-0.2, 0) is 29.0 Å². The Morgan fingerprint density at radius 3 is 1.69 bits per heavy atom. The van der Waals surface area contributed by atoms with E-state index >= 15 is 0 Å². The van der Waals surface area contributed by atoms with E-state index in [1.807, 2.05) is 0 Å². The lowest BCUT2D eigenvalue weighted by molar-refractivity contribution is -0.385. The van der Waals surface area contributed by atoms with Crippen molar-refractivity contribution in [1.29, 1.82) is 0 Å². The number of hydrogen-bond acceptors (Lipinski definition) is 10. The van der Waals surface area contributed by atoms with Crippen LogP contribution in [-0.4, -0.2) is 68.1 Å². The first-order valence-corrected chi connectivity index (χ1v) is 14.9. The second-order valence-corrected chi connectivity index (χ2v) is 11.5. The lowest BCUT2D eigenvalue weighted by Gasteiger charge is -2.21. The van der Waals surface area contributed by atoms with E-state index in [2.05, 4.69) is 31.2 Å². The second-order valence-electron chi connectivity index (χ2n) is 10.9. The van der Waals surface area contributed by atoms with Crippen LogP contribution >= 0.6 is 15.9 Å². The highest BCUT2D eigenvalue weighted by Crippen LogP contribution is 2.22. The third-order valence-electron chi connectivity index (χ3n) is 6.64. The van der Waals surface area contributed by atoms with Crippen LogP contribution in [0.2, 0.25) is 0 Å². The molecule has 0 aliphatic heterocycles. The Morgan fingerprint density at radius 1 is 0.896 bits per heavy atom. The van der Waals surface area contributed by atoms with Gasteiger partial charge in [0, 0.05) is 41.4 Å². The number of halogens is 3. The first-order chi connectivity index (χ1) is 21.9. The first kappa shape index (κ1) is 41.3. The SMILES string of the molecule is C.Cc1cc(CC(=O)[C@@](C)(O)CBr)ccc1[N+](=O)[O-].Cc1cc(CC(=O)[C@@](C)(O)Cn2cc(F)cn2)ccc1[N+](=O)[O-].Fc1cn[nH]c1. The number of nitro benzene ring substituents is 2. The molecule has 4 rings (SSSR count). The number of nitro groups is 2. The lowest BCUT2D eigenvalue weighted by atomic mass is 9.94. The molecule has 48 heavy (non-hydrogen) atoms. The summed E-state index contributed by atoms with van der Waals surface area (Å²) in [5.41, 5.74) is -0.991. The van der Waals surface area contributed by atoms with Crippen molar-refractivity contribution in [3.63, 3.8) is 0 Å². The molecule has 0 spiro atoms. The van der Waals surface area contributed by atoms with Crippen LogP contribution in [0.5, 0.6) is 0 Å². The van der Waals surface area contributed by atoms with Gasteiger partial charge >= 0.3 is 0 Å². The van der Waals surface area contributed by atoms with E-state index in [1.165, 1.54) is 44.3 Å². The maximum Gasteiger partial charge on any atom is 0.272 e. The fourth-order valence-electron chi connectivity index (χ4n) is 3.95. The smallest absolute Gasteiger partial charge is 0.272 e. The molecule has 3 N–H and O–H groups in total. The van der Waals surface area contributed by atoms with Crippen LogP contribution in [0.3, 0.4) is 0 Å². The lowest BCUT2D eigenvalue weighted by Crippen LogP contribution is -2.40. The number of alkyl halides is 1. The van der Waals surface area contributed by atoms with Crippen LogP contribution in [0.4, 0.5) is 20.2 Å². The summed E-state index contributed by atoms with van der Waals surface area (Å²) in [7, 11) is 0. The Hall–Kier alpha value is -4.74. The number of rotatable bonds is 11. The normalized spacial score (nSPS) is 12.9. The van der Waals surface area contributed by atoms with E-state index in [4.69, 9.17) is 0 Å². The largest absolute Gasteiger partial charge is 0.381 e. The number of aromatic amines is 1. The monoisotopic (exact) mass is 738 g/mol. The molecule has 0 fully saturated rings. The number of aryl methyl sites for hydroxylation is 2. The van der Waals surface area contributed by atoms with Crippen LogP contribution in [0.25, 0.3) is 0 Å². The molecule has 2 heterocycles. The summed E-state index contributed by atoms with van der Waals surface area (Å²) in [4.78, 5) is 44.5. The van der Waals surface area contributed by atoms with E-state index in [0.29, 0.717) is 22.3 Å². The summed E-state index contributed by atoms with van der Waals surface area (Å²) in [6, 6.07) is 8.86. The van der Waals surface area contributed by atoms with Crippen molar-refractivity contribution >= 4 is 38.9 Å². The van der Waals surface area contributed by atoms with Crippen LogP contribution in [0.15, 0.2) is 61.2 Å². The van der Waals surface area contributed by atoms with E-state index in [1.54, 1.807) is 26.0 Å². The topological polar surface area (TPSA) is 207 Å². The van der Waals surface area contributed by atoms with E-state index in [0.717, 1.165) is 23.3 Å². The molecule has 0 bridgehead atoms. The number of nitrogens with one attached hydrogen (secondary N) is 1. The van der Waals surface area contributed by atoms with Crippen molar-refractivity contribution in [3.8, 4) is 0 Å². The highest BCUT2D eigenvalue weighted by molar-refractivity contribution is 9.09. The molecular weight excluding hydrogens is 702 g/mol. The van der Waals surface area contributed by atoms with Gasteiger partial charge in [-0.15, -0.1) is 0 Å². The van der Waals surface area contributed by atoms with Gasteiger partial charge < -0.3 is 10.2 Å². The minimum atomic E-state index is -1.73. The quantitative estimate of drug-likeness (QED) is 0.105. The minimum absolute atomic E-state index is 0. The fraction of sp³-hybridized carbons (Fsp3) is 0.355. The van der Waals surface area contributed by atoms with Crippen molar-refractivity contribution in [2.24, 2.45) is 0 Å². The summed E-state index contributed by atoms with van der Waals surface area (Å²) < 4.78 is 25.6. The third kappa shape index (κ3) is 12.5. The third-order valence-corrected chi connectivity index (χ3v) is 7.74. The summed E-state index contributed by atoms with van der Waals surface area (Å²) in [5.74, 6) is -1.69. The summed E-state index contributed by atoms with van der Waals surface area (Å²) in [6.45, 7) is 5.78. The predicted octanol–water partition coefficient (Wildman–Crippen LogP) is 5.15. The molecule has 0 unspecified atom stereocenters. The molecule has 17 heteroatoms. The Kier molecular flexibility index (Phi) is 15.5. The molecule has 4 aromatic rings. The van der Waals surface area contributed by atoms with Gasteiger partial charge in [-0.05, 0) is 51.0 Å². The van der Waals surface area contributed by atoms with Crippen molar-refractivity contribution in [1.82, 2.24) is 20.0 Å². The van der Waals surface area contributed by atoms with Crippen molar-refractivity contribution in [3.05, 3.63) is 115 Å². The number of hydrogen-bond donors (Lipinski definition) is 3. The zero-order chi connectivity index (χ0) is 35.5. The average molecular weight is 740 g/mol. The molecular formula is C31H37BrF2N6O8. The highest BCUT2D eigenvalue weighted by Gasteiger charge is 2.31. The Bertz CT molecular complexity index is 1710. The van der Waals surface area contributed by atoms with Gasteiger partial charge in [0.25, 0.3) is 11.4 Å². The number of aliphatic hydroxyl groups is 2. The maximum absolute atomic E-state index is 12.9. The molecule has 0 amide bonds. The van der Waals surface area contributed by atoms with E-state index in [-0.39, 0.29) is 55.1 Å². The standard InChI is InChI=1S/C15H16FN3O4.C12H14BrNO4.C3H3FN2.CH4/c1-10-5-11(3-4-13(10)19(22)23)6-14(20)15(2,21)9-18-8-12(16)7-17-18;1-8-5-9(3-4-10(8)14(17)18)6-11(15)12(2,16)7-13;4-3-1-5-6-2-3;/h3-5,7-8,21H,6,9H2,1-2H3;3-5,16H,6-7H2,1-2H3;1-2H,(H,5,6);1H4/t15-;12-;;/m00../s1. The molecule has 0 aliphatic rings. The van der Waals surface area contributed by atoms with Crippen LogP contribution in [0, 0.1) is 45.7 Å². The number of H-pyrrole nitrogens is 1. The van der Waals surface area contributed by atoms with Gasteiger partial charge in [-0.25, -0.2) is 8.78 Å². The van der Waals surface area contributed by atoms with E-state index < -0.39 is 32.6 Å². The van der Waals surface area contributed by atoms with Crippen molar-refractivity contribution in [2.75, 3.05) is 5.33 Å². The van der Waals surface area contributed by atoms with Gasteiger partial charge in [0.1, 0.15) is 11.2 Å². The number of aromatic nitrogens is 4. The molecule has 0 saturated carbocycles. The highest BCUT2D eigenvalue weighted by atomic mass is 79.9. The summed E-state index contributed by atoms with van der Waals surface area (Å²) >= 11 is 3.07. The molecule has 0 saturated heterocycles. The number of carbonyl (C=O) groups is 2. The molecule has 0 aliphatic carbocycles. The Morgan fingerprint density at radius 2 is 1.38 bits per heavy atom. The van der Waals surface area contributed by atoms with Gasteiger partial charge in [-0.2, -0.15) is 10.2 Å². The second kappa shape index (κ2) is 18.0. The minimum Gasteiger partial charge on any atom is -0.381 e. The molecule has 0 radical (unpaired) electrons. The van der Waals surface area contributed by atoms with Crippen LogP contribution in [0.1, 0.15) is 43.5 Å². The molecule has 2 atom stereocenters. The number of nitrogens with zero attached hydrogens (tertiary/aromatic N) is 5. The van der Waals surface area contributed by atoms with Gasteiger partial charge in [-0.3, -0.25) is 39.6 Å². The Balaban J connectivity index is 0.000000409. The maximum atomic E-state index is 12.9. The van der Waals surface area contributed by atoms with Crippen molar-refractivity contribution in [2.45, 2.75) is 65.7 Å². The first-order valence-electron chi connectivity index (χ1n) is 13.7. The molecule has 2 aromatic heterocycles. The number of carbonyl (C=O) groups excluding carboxylic acids is 2. The molecule has 260 valence electrons. The molecule has 14 nitrogen and oxygen atoms in total. The van der Waals surface area contributed by atoms with Gasteiger partial charge in [0.15, 0.2) is 23.2 Å². The zero-order valence-corrected chi connectivity index (χ0v) is 27.4. The van der Waals surface area contributed by atoms with Crippen molar-refractivity contribution < 1.29 is 38.4 Å².